The third-order valence-corrected chi connectivity index (χ3v) is 3.14. The molecule has 1 aliphatic rings. The van der Waals surface area contributed by atoms with Crippen molar-refractivity contribution < 1.29 is 4.79 Å². The normalized spacial score (nSPS) is 24.3. The van der Waals surface area contributed by atoms with Crippen molar-refractivity contribution in [3.63, 3.8) is 0 Å². The highest BCUT2D eigenvalue weighted by Crippen LogP contribution is 2.23. The summed E-state index contributed by atoms with van der Waals surface area (Å²) in [4.78, 5) is 14.0. The Bertz CT molecular complexity index is 214. The van der Waals surface area contributed by atoms with Crippen molar-refractivity contribution in [2.24, 2.45) is 11.7 Å². The molecule has 15 heavy (non-hydrogen) atoms. The zero-order valence-corrected chi connectivity index (χ0v) is 10.2. The summed E-state index contributed by atoms with van der Waals surface area (Å²) in [5.41, 5.74) is 5.67. The van der Waals surface area contributed by atoms with Crippen LogP contribution in [0.2, 0.25) is 0 Å². The van der Waals surface area contributed by atoms with Crippen LogP contribution >= 0.6 is 0 Å². The minimum atomic E-state index is -0.0211. The van der Waals surface area contributed by atoms with E-state index in [-0.39, 0.29) is 11.9 Å². The van der Waals surface area contributed by atoms with Crippen LogP contribution in [0.25, 0.3) is 0 Å². The second kappa shape index (κ2) is 5.50. The Morgan fingerprint density at radius 3 is 2.60 bits per heavy atom. The Morgan fingerprint density at radius 2 is 2.07 bits per heavy atom. The molecule has 2 N–H and O–H groups in total. The van der Waals surface area contributed by atoms with Gasteiger partial charge in [-0.15, -0.1) is 0 Å². The predicted octanol–water partition coefficient (Wildman–Crippen LogP) is 1.76. The molecule has 0 spiro atoms. The van der Waals surface area contributed by atoms with Gasteiger partial charge in [-0.1, -0.05) is 13.8 Å². The first-order chi connectivity index (χ1) is 7.02. The molecule has 1 rings (SSSR count). The molecule has 3 heteroatoms. The average molecular weight is 212 g/mol. The molecule has 2 atom stereocenters. The number of hydrogen-bond donors (Lipinski definition) is 1. The van der Waals surface area contributed by atoms with Crippen molar-refractivity contribution in [1.29, 1.82) is 0 Å². The Kier molecular flexibility index (Phi) is 4.58. The minimum absolute atomic E-state index is 0.0211. The molecule has 0 bridgehead atoms. The second-order valence-corrected chi connectivity index (χ2v) is 5.08. The zero-order chi connectivity index (χ0) is 11.4. The van der Waals surface area contributed by atoms with Crippen molar-refractivity contribution in [1.82, 2.24) is 4.90 Å². The number of rotatable bonds is 3. The summed E-state index contributed by atoms with van der Waals surface area (Å²) in [6.45, 7) is 7.21. The van der Waals surface area contributed by atoms with Gasteiger partial charge in [-0.25, -0.2) is 0 Å². The maximum Gasteiger partial charge on any atom is 0.224 e. The quantitative estimate of drug-likeness (QED) is 0.775. The molecule has 1 amide bonds. The summed E-state index contributed by atoms with van der Waals surface area (Å²) in [5, 5.41) is 0. The fourth-order valence-electron chi connectivity index (χ4n) is 2.35. The summed E-state index contributed by atoms with van der Waals surface area (Å²) in [5.74, 6) is 0.797. The molecule has 0 aliphatic carbocycles. The smallest absolute Gasteiger partial charge is 0.224 e. The van der Waals surface area contributed by atoms with Crippen LogP contribution in [0.4, 0.5) is 0 Å². The van der Waals surface area contributed by atoms with Gasteiger partial charge in [-0.05, 0) is 32.1 Å². The van der Waals surface area contributed by atoms with E-state index in [1.54, 1.807) is 0 Å². The van der Waals surface area contributed by atoms with Gasteiger partial charge >= 0.3 is 0 Å². The largest absolute Gasteiger partial charge is 0.339 e. The van der Waals surface area contributed by atoms with Crippen molar-refractivity contribution in [3.05, 3.63) is 0 Å². The fourth-order valence-corrected chi connectivity index (χ4v) is 2.35. The molecule has 0 aromatic carbocycles. The van der Waals surface area contributed by atoms with Crippen molar-refractivity contribution >= 4 is 5.91 Å². The fraction of sp³-hybridized carbons (Fsp3) is 0.917. The summed E-state index contributed by atoms with van der Waals surface area (Å²) in [6.07, 6.45) is 4.05. The number of piperidine rings is 1. The van der Waals surface area contributed by atoms with Gasteiger partial charge in [0, 0.05) is 25.0 Å². The summed E-state index contributed by atoms with van der Waals surface area (Å²) < 4.78 is 0. The molecule has 0 radical (unpaired) electrons. The lowest BCUT2D eigenvalue weighted by atomic mass is 9.92. The Morgan fingerprint density at radius 1 is 1.40 bits per heavy atom. The van der Waals surface area contributed by atoms with Gasteiger partial charge in [0.2, 0.25) is 5.91 Å². The molecule has 2 unspecified atom stereocenters. The molecular weight excluding hydrogens is 188 g/mol. The highest BCUT2D eigenvalue weighted by atomic mass is 16.2. The molecule has 0 aromatic heterocycles. The SMILES string of the molecule is CC(N)CC(=O)N1CCCCC1C(C)C. The van der Waals surface area contributed by atoms with Crippen LogP contribution < -0.4 is 5.73 Å². The molecule has 0 saturated carbocycles. The van der Waals surface area contributed by atoms with E-state index < -0.39 is 0 Å². The Balaban J connectivity index is 2.59. The van der Waals surface area contributed by atoms with E-state index in [1.807, 2.05) is 6.92 Å². The lowest BCUT2D eigenvalue weighted by molar-refractivity contribution is -0.136. The van der Waals surface area contributed by atoms with E-state index >= 15 is 0 Å². The van der Waals surface area contributed by atoms with Crippen molar-refractivity contribution in [3.8, 4) is 0 Å². The molecule has 1 heterocycles. The van der Waals surface area contributed by atoms with Gasteiger partial charge < -0.3 is 10.6 Å². The maximum atomic E-state index is 12.0. The topological polar surface area (TPSA) is 46.3 Å². The van der Waals surface area contributed by atoms with E-state index in [4.69, 9.17) is 5.73 Å². The van der Waals surface area contributed by atoms with Gasteiger partial charge in [0.1, 0.15) is 0 Å². The summed E-state index contributed by atoms with van der Waals surface area (Å²) >= 11 is 0. The van der Waals surface area contributed by atoms with E-state index in [2.05, 4.69) is 18.7 Å². The number of likely N-dealkylation sites (tertiary alicyclic amines) is 1. The lowest BCUT2D eigenvalue weighted by Crippen LogP contribution is -2.47. The van der Waals surface area contributed by atoms with Crippen LogP contribution in [-0.2, 0) is 4.79 Å². The highest BCUT2D eigenvalue weighted by Gasteiger charge is 2.28. The molecule has 0 aromatic rings. The van der Waals surface area contributed by atoms with Gasteiger partial charge in [-0.2, -0.15) is 0 Å². The molecule has 3 nitrogen and oxygen atoms in total. The molecular formula is C12H24N2O. The molecule has 1 fully saturated rings. The Hall–Kier alpha value is -0.570. The lowest BCUT2D eigenvalue weighted by Gasteiger charge is -2.38. The maximum absolute atomic E-state index is 12.0. The van der Waals surface area contributed by atoms with Gasteiger partial charge in [-0.3, -0.25) is 4.79 Å². The number of nitrogens with two attached hydrogens (primary N) is 1. The Labute approximate surface area is 93.0 Å². The number of carbonyl (C=O) groups is 1. The van der Waals surface area contributed by atoms with Crippen LogP contribution in [0, 0.1) is 5.92 Å². The van der Waals surface area contributed by atoms with E-state index in [0.717, 1.165) is 19.4 Å². The van der Waals surface area contributed by atoms with Gasteiger partial charge in [0.05, 0.1) is 0 Å². The van der Waals surface area contributed by atoms with Crippen LogP contribution in [0.15, 0.2) is 0 Å². The predicted molar refractivity (Wildman–Crippen MR) is 62.5 cm³/mol. The average Bonchev–Trinajstić information content (AvgIpc) is 2.16. The minimum Gasteiger partial charge on any atom is -0.339 e. The van der Waals surface area contributed by atoms with Gasteiger partial charge in [0.25, 0.3) is 0 Å². The van der Waals surface area contributed by atoms with E-state index in [0.29, 0.717) is 18.4 Å². The molecule has 1 saturated heterocycles. The van der Waals surface area contributed by atoms with Crippen LogP contribution in [-0.4, -0.2) is 29.4 Å². The van der Waals surface area contributed by atoms with E-state index in [1.165, 1.54) is 6.42 Å². The summed E-state index contributed by atoms with van der Waals surface area (Å²) in [7, 11) is 0. The monoisotopic (exact) mass is 212 g/mol. The standard InChI is InChI=1S/C12H24N2O/c1-9(2)11-6-4-5-7-14(11)12(15)8-10(3)13/h9-11H,4-8,13H2,1-3H3. The van der Waals surface area contributed by atoms with E-state index in [9.17, 15) is 4.79 Å². The molecule has 1 aliphatic heterocycles. The summed E-state index contributed by atoms with van der Waals surface area (Å²) in [6, 6.07) is 0.414. The number of amides is 1. The van der Waals surface area contributed by atoms with Crippen LogP contribution in [0.1, 0.15) is 46.5 Å². The zero-order valence-electron chi connectivity index (χ0n) is 10.2. The van der Waals surface area contributed by atoms with Crippen molar-refractivity contribution in [2.45, 2.75) is 58.5 Å². The number of carbonyl (C=O) groups excluding carboxylic acids is 1. The highest BCUT2D eigenvalue weighted by molar-refractivity contribution is 5.77. The van der Waals surface area contributed by atoms with Gasteiger partial charge in [0.15, 0.2) is 0 Å². The third-order valence-electron chi connectivity index (χ3n) is 3.14. The van der Waals surface area contributed by atoms with Crippen molar-refractivity contribution in [2.75, 3.05) is 6.54 Å². The number of hydrogen-bond acceptors (Lipinski definition) is 2. The first kappa shape index (κ1) is 12.5. The first-order valence-electron chi connectivity index (χ1n) is 6.07. The number of nitrogens with zero attached hydrogens (tertiary/aromatic N) is 1. The third kappa shape index (κ3) is 3.49. The molecule has 88 valence electrons. The first-order valence-corrected chi connectivity index (χ1v) is 6.07. The van der Waals surface area contributed by atoms with Crippen LogP contribution in [0.5, 0.6) is 0 Å². The van der Waals surface area contributed by atoms with Crippen LogP contribution in [0.3, 0.4) is 0 Å². The second-order valence-electron chi connectivity index (χ2n) is 5.08.